The summed E-state index contributed by atoms with van der Waals surface area (Å²) in [6.45, 7) is 4.09. The van der Waals surface area contributed by atoms with Crippen LogP contribution in [0.5, 0.6) is 0 Å². The van der Waals surface area contributed by atoms with Gasteiger partial charge in [0, 0.05) is 32.5 Å². The Labute approximate surface area is 156 Å². The molecule has 2 amide bonds. The van der Waals surface area contributed by atoms with Crippen molar-refractivity contribution in [1.82, 2.24) is 19.9 Å². The molecule has 1 aliphatic rings. The average molecular weight is 374 g/mol. The van der Waals surface area contributed by atoms with E-state index in [1.807, 2.05) is 19.0 Å². The van der Waals surface area contributed by atoms with E-state index >= 15 is 0 Å². The Morgan fingerprint density at radius 2 is 1.96 bits per heavy atom. The Morgan fingerprint density at radius 3 is 2.62 bits per heavy atom. The summed E-state index contributed by atoms with van der Waals surface area (Å²) in [4.78, 5) is 42.0. The van der Waals surface area contributed by atoms with Crippen LogP contribution in [-0.2, 0) is 22.4 Å². The molecular formula is C17H22N6O2S. The van der Waals surface area contributed by atoms with Crippen LogP contribution < -0.4 is 10.2 Å². The van der Waals surface area contributed by atoms with Gasteiger partial charge in [-0.3, -0.25) is 14.5 Å². The van der Waals surface area contributed by atoms with E-state index in [0.717, 1.165) is 28.2 Å². The first-order valence-electron chi connectivity index (χ1n) is 8.41. The second kappa shape index (κ2) is 7.46. The fraction of sp³-hybridized carbons (Fsp3) is 0.471. The summed E-state index contributed by atoms with van der Waals surface area (Å²) < 4.78 is 0. The number of carbonyl (C=O) groups excluding carboxylic acids is 2. The van der Waals surface area contributed by atoms with Gasteiger partial charge in [-0.2, -0.15) is 4.98 Å². The number of fused-ring (bicyclic) bond motifs is 3. The van der Waals surface area contributed by atoms with Crippen LogP contribution in [0.1, 0.15) is 25.1 Å². The molecule has 0 radical (unpaired) electrons. The molecule has 0 atom stereocenters. The molecule has 0 aromatic carbocycles. The molecule has 2 aromatic rings. The van der Waals surface area contributed by atoms with E-state index in [1.165, 1.54) is 25.2 Å². The molecule has 0 bridgehead atoms. The molecule has 26 heavy (non-hydrogen) atoms. The van der Waals surface area contributed by atoms with E-state index < -0.39 is 0 Å². The van der Waals surface area contributed by atoms with Gasteiger partial charge in [0.1, 0.15) is 5.82 Å². The first-order chi connectivity index (χ1) is 12.4. The first kappa shape index (κ1) is 18.4. The van der Waals surface area contributed by atoms with Crippen molar-refractivity contribution in [1.29, 1.82) is 0 Å². The zero-order valence-corrected chi connectivity index (χ0v) is 16.2. The molecular weight excluding hydrogens is 352 g/mol. The van der Waals surface area contributed by atoms with E-state index in [9.17, 15) is 9.59 Å². The smallest absolute Gasteiger partial charge is 0.234 e. The normalized spacial score (nSPS) is 12.5. The lowest BCUT2D eigenvalue weighted by Gasteiger charge is -2.24. The third-order valence-corrected chi connectivity index (χ3v) is 5.03. The first-order valence-corrected chi connectivity index (χ1v) is 9.29. The molecule has 0 unspecified atom stereocenters. The van der Waals surface area contributed by atoms with Crippen LogP contribution >= 0.6 is 11.3 Å². The van der Waals surface area contributed by atoms with Crippen molar-refractivity contribution in [2.75, 3.05) is 37.4 Å². The Balaban J connectivity index is 2.10. The van der Waals surface area contributed by atoms with Crippen LogP contribution in [0.4, 0.5) is 11.8 Å². The molecule has 2 aromatic heterocycles. The molecule has 0 saturated carbocycles. The van der Waals surface area contributed by atoms with Crippen molar-refractivity contribution in [3.05, 3.63) is 16.8 Å². The minimum Gasteiger partial charge on any atom is -0.311 e. The van der Waals surface area contributed by atoms with Crippen LogP contribution in [0, 0.1) is 0 Å². The predicted octanol–water partition coefficient (Wildman–Crippen LogP) is 1.57. The summed E-state index contributed by atoms with van der Waals surface area (Å²) in [5.74, 6) is 0.450. The number of carbonyl (C=O) groups is 2. The van der Waals surface area contributed by atoms with E-state index in [1.54, 1.807) is 10.4 Å². The Morgan fingerprint density at radius 1 is 1.19 bits per heavy atom. The van der Waals surface area contributed by atoms with Gasteiger partial charge in [-0.05, 0) is 26.9 Å². The number of thiazole rings is 1. The van der Waals surface area contributed by atoms with Crippen molar-refractivity contribution in [3.8, 4) is 10.6 Å². The van der Waals surface area contributed by atoms with Crippen LogP contribution in [0.2, 0.25) is 0 Å². The number of amides is 2. The fourth-order valence-electron chi connectivity index (χ4n) is 2.87. The average Bonchev–Trinajstić information content (AvgIpc) is 3.03. The Kier molecular flexibility index (Phi) is 5.28. The minimum atomic E-state index is -0.199. The van der Waals surface area contributed by atoms with Gasteiger partial charge >= 0.3 is 0 Å². The lowest BCUT2D eigenvalue weighted by molar-refractivity contribution is -0.116. The highest BCUT2D eigenvalue weighted by molar-refractivity contribution is 7.13. The van der Waals surface area contributed by atoms with E-state index in [2.05, 4.69) is 20.3 Å². The third kappa shape index (κ3) is 3.73. The number of hydrogen-bond donors (Lipinski definition) is 1. The monoisotopic (exact) mass is 374 g/mol. The number of likely N-dealkylation sites (N-methyl/N-ethyl adjacent to an activating group) is 1. The standard InChI is InChI=1S/C17H22N6O2S/c1-10(24)19-16-12-5-6-13-15(26-9-18-13)14(12)20-17(21-16)23(11(2)25)8-7-22(3)4/h9H,5-8H2,1-4H3,(H,19,20,21,24). The van der Waals surface area contributed by atoms with Gasteiger partial charge in [-0.25, -0.2) is 9.97 Å². The zero-order valence-electron chi connectivity index (χ0n) is 15.4. The molecule has 3 rings (SSSR count). The largest absolute Gasteiger partial charge is 0.311 e. The van der Waals surface area contributed by atoms with Gasteiger partial charge in [0.05, 0.1) is 21.8 Å². The van der Waals surface area contributed by atoms with Gasteiger partial charge in [0.15, 0.2) is 0 Å². The number of hydrogen-bond acceptors (Lipinski definition) is 7. The maximum Gasteiger partial charge on any atom is 0.234 e. The summed E-state index contributed by atoms with van der Waals surface area (Å²) >= 11 is 1.52. The third-order valence-electron chi connectivity index (χ3n) is 4.15. The predicted molar refractivity (Wildman–Crippen MR) is 101 cm³/mol. The number of rotatable bonds is 5. The van der Waals surface area contributed by atoms with Crippen molar-refractivity contribution in [2.24, 2.45) is 0 Å². The van der Waals surface area contributed by atoms with Crippen molar-refractivity contribution >= 4 is 34.9 Å². The van der Waals surface area contributed by atoms with Gasteiger partial charge in [0.2, 0.25) is 17.8 Å². The molecule has 0 spiro atoms. The molecule has 1 N–H and O–H groups in total. The van der Waals surface area contributed by atoms with E-state index in [4.69, 9.17) is 0 Å². The number of anilines is 2. The van der Waals surface area contributed by atoms with Gasteiger partial charge in [-0.1, -0.05) is 0 Å². The van der Waals surface area contributed by atoms with Gasteiger partial charge in [-0.15, -0.1) is 11.3 Å². The molecule has 0 saturated heterocycles. The topological polar surface area (TPSA) is 91.3 Å². The molecule has 0 aliphatic heterocycles. The van der Waals surface area contributed by atoms with Crippen molar-refractivity contribution < 1.29 is 9.59 Å². The highest BCUT2D eigenvalue weighted by Crippen LogP contribution is 2.38. The van der Waals surface area contributed by atoms with Crippen LogP contribution in [0.25, 0.3) is 10.6 Å². The summed E-state index contributed by atoms with van der Waals surface area (Å²) in [7, 11) is 3.89. The van der Waals surface area contributed by atoms with Gasteiger partial charge < -0.3 is 10.2 Å². The highest BCUT2D eigenvalue weighted by Gasteiger charge is 2.27. The van der Waals surface area contributed by atoms with Crippen LogP contribution in [-0.4, -0.2) is 58.9 Å². The minimum absolute atomic E-state index is 0.138. The number of aromatic nitrogens is 3. The number of nitrogens with one attached hydrogen (secondary N) is 1. The summed E-state index contributed by atoms with van der Waals surface area (Å²) in [6.07, 6.45) is 1.50. The zero-order chi connectivity index (χ0) is 18.8. The quantitative estimate of drug-likeness (QED) is 0.854. The summed E-state index contributed by atoms with van der Waals surface area (Å²) in [5.41, 5.74) is 4.47. The van der Waals surface area contributed by atoms with Crippen molar-refractivity contribution in [3.63, 3.8) is 0 Å². The molecule has 138 valence electrons. The molecule has 9 heteroatoms. The molecule has 8 nitrogen and oxygen atoms in total. The maximum atomic E-state index is 12.2. The second-order valence-electron chi connectivity index (χ2n) is 6.48. The lowest BCUT2D eigenvalue weighted by Crippen LogP contribution is -2.36. The Bertz CT molecular complexity index is 848. The maximum absolute atomic E-state index is 12.2. The number of aryl methyl sites for hydroxylation is 1. The van der Waals surface area contributed by atoms with Gasteiger partial charge in [0.25, 0.3) is 0 Å². The van der Waals surface area contributed by atoms with Crippen LogP contribution in [0.3, 0.4) is 0 Å². The Hall–Kier alpha value is -2.39. The van der Waals surface area contributed by atoms with E-state index in [-0.39, 0.29) is 11.8 Å². The van der Waals surface area contributed by atoms with E-state index in [0.29, 0.717) is 31.3 Å². The summed E-state index contributed by atoms with van der Waals surface area (Å²) in [6, 6.07) is 0. The molecule has 2 heterocycles. The number of nitrogens with zero attached hydrogens (tertiary/aromatic N) is 5. The summed E-state index contributed by atoms with van der Waals surface area (Å²) in [5, 5.41) is 2.80. The molecule has 0 fully saturated rings. The SMILES string of the molecule is CC(=O)Nc1nc(N(CCN(C)C)C(C)=O)nc2c1CCc1ncsc1-2. The second-order valence-corrected chi connectivity index (χ2v) is 7.34. The van der Waals surface area contributed by atoms with Crippen LogP contribution in [0.15, 0.2) is 5.51 Å². The highest BCUT2D eigenvalue weighted by atomic mass is 32.1. The lowest BCUT2D eigenvalue weighted by atomic mass is 9.98. The fourth-order valence-corrected chi connectivity index (χ4v) is 3.73. The molecule has 1 aliphatic carbocycles. The van der Waals surface area contributed by atoms with Crippen molar-refractivity contribution in [2.45, 2.75) is 26.7 Å².